The number of amides is 1. The Hall–Kier alpha value is -2.21. The lowest BCUT2D eigenvalue weighted by molar-refractivity contribution is -0.116. The summed E-state index contributed by atoms with van der Waals surface area (Å²) >= 11 is 17.8. The standard InChI is InChI=1S/C18H14Cl3N3O2/c19-11-3-1-10(2-4-11)15-9-23-17(26-15)6-5-16(25)24-12-7-13(20)18(22)14(21)8-12/h1-4,7-9H,5-6,22H2,(H,24,25). The Morgan fingerprint density at radius 2 is 1.77 bits per heavy atom. The number of anilines is 2. The van der Waals surface area contributed by atoms with Crippen LogP contribution < -0.4 is 11.1 Å². The van der Waals surface area contributed by atoms with Crippen LogP contribution in [0.25, 0.3) is 11.3 Å². The SMILES string of the molecule is Nc1c(Cl)cc(NC(=O)CCc2ncc(-c3ccc(Cl)cc3)o2)cc1Cl. The monoisotopic (exact) mass is 409 g/mol. The van der Waals surface area contributed by atoms with Crippen LogP contribution in [0, 0.1) is 0 Å². The molecule has 3 aromatic rings. The second-order valence-electron chi connectivity index (χ2n) is 5.53. The number of nitrogens with one attached hydrogen (secondary N) is 1. The molecule has 0 aliphatic rings. The highest BCUT2D eigenvalue weighted by atomic mass is 35.5. The van der Waals surface area contributed by atoms with Crippen molar-refractivity contribution in [2.45, 2.75) is 12.8 Å². The molecule has 0 saturated heterocycles. The quantitative estimate of drug-likeness (QED) is 0.548. The van der Waals surface area contributed by atoms with E-state index < -0.39 is 0 Å². The average molecular weight is 411 g/mol. The molecule has 0 aliphatic carbocycles. The Morgan fingerprint density at radius 3 is 2.42 bits per heavy atom. The van der Waals surface area contributed by atoms with E-state index in [4.69, 9.17) is 45.0 Å². The van der Waals surface area contributed by atoms with E-state index in [1.165, 1.54) is 0 Å². The molecule has 1 amide bonds. The van der Waals surface area contributed by atoms with Crippen LogP contribution in [-0.2, 0) is 11.2 Å². The van der Waals surface area contributed by atoms with Crippen molar-refractivity contribution in [2.24, 2.45) is 0 Å². The molecule has 5 nitrogen and oxygen atoms in total. The number of hydrogen-bond donors (Lipinski definition) is 2. The number of aromatic nitrogens is 1. The largest absolute Gasteiger partial charge is 0.441 e. The number of benzene rings is 2. The van der Waals surface area contributed by atoms with Crippen molar-refractivity contribution in [3.05, 3.63) is 63.6 Å². The van der Waals surface area contributed by atoms with Crippen LogP contribution >= 0.6 is 34.8 Å². The van der Waals surface area contributed by atoms with Crippen molar-refractivity contribution in [3.8, 4) is 11.3 Å². The summed E-state index contributed by atoms with van der Waals surface area (Å²) in [6.45, 7) is 0. The molecule has 2 aromatic carbocycles. The van der Waals surface area contributed by atoms with Crippen molar-refractivity contribution in [3.63, 3.8) is 0 Å². The Labute approximate surface area is 165 Å². The number of hydrogen-bond acceptors (Lipinski definition) is 4. The third-order valence-electron chi connectivity index (χ3n) is 3.61. The van der Waals surface area contributed by atoms with Crippen molar-refractivity contribution in [1.82, 2.24) is 4.98 Å². The van der Waals surface area contributed by atoms with E-state index in [1.54, 1.807) is 30.5 Å². The van der Waals surface area contributed by atoms with Gasteiger partial charge in [0.25, 0.3) is 0 Å². The minimum Gasteiger partial charge on any atom is -0.441 e. The van der Waals surface area contributed by atoms with Gasteiger partial charge in [0.15, 0.2) is 11.7 Å². The van der Waals surface area contributed by atoms with Gasteiger partial charge in [-0.1, -0.05) is 34.8 Å². The van der Waals surface area contributed by atoms with E-state index in [1.807, 2.05) is 12.1 Å². The van der Waals surface area contributed by atoms with Gasteiger partial charge in [0.05, 0.1) is 21.9 Å². The first-order valence-electron chi connectivity index (χ1n) is 7.67. The Kier molecular flexibility index (Phi) is 5.71. The number of carbonyl (C=O) groups is 1. The number of aryl methyl sites for hydroxylation is 1. The molecular formula is C18H14Cl3N3O2. The fraction of sp³-hybridized carbons (Fsp3) is 0.111. The second kappa shape index (κ2) is 7.99. The molecule has 3 rings (SSSR count). The first-order valence-corrected chi connectivity index (χ1v) is 8.81. The average Bonchev–Trinajstić information content (AvgIpc) is 3.07. The highest BCUT2D eigenvalue weighted by Gasteiger charge is 2.11. The first-order chi connectivity index (χ1) is 12.4. The Balaban J connectivity index is 1.59. The molecular weight excluding hydrogens is 397 g/mol. The maximum absolute atomic E-state index is 12.1. The van der Waals surface area contributed by atoms with Gasteiger partial charge in [0.2, 0.25) is 5.91 Å². The van der Waals surface area contributed by atoms with E-state index in [2.05, 4.69) is 10.3 Å². The molecule has 0 bridgehead atoms. The number of rotatable bonds is 5. The summed E-state index contributed by atoms with van der Waals surface area (Å²) in [6.07, 6.45) is 2.17. The highest BCUT2D eigenvalue weighted by Crippen LogP contribution is 2.31. The predicted octanol–water partition coefficient (Wildman–Crippen LogP) is 5.46. The van der Waals surface area contributed by atoms with Gasteiger partial charge in [0, 0.05) is 29.1 Å². The lowest BCUT2D eigenvalue weighted by Gasteiger charge is -2.08. The summed E-state index contributed by atoms with van der Waals surface area (Å²) in [4.78, 5) is 16.3. The van der Waals surface area contributed by atoms with Crippen LogP contribution in [0.1, 0.15) is 12.3 Å². The van der Waals surface area contributed by atoms with Crippen LogP contribution in [-0.4, -0.2) is 10.9 Å². The van der Waals surface area contributed by atoms with Crippen LogP contribution in [0.5, 0.6) is 0 Å². The number of nitrogen functional groups attached to an aromatic ring is 1. The number of halogens is 3. The van der Waals surface area contributed by atoms with Crippen LogP contribution in [0.4, 0.5) is 11.4 Å². The molecule has 0 unspecified atom stereocenters. The van der Waals surface area contributed by atoms with Gasteiger partial charge < -0.3 is 15.5 Å². The summed E-state index contributed by atoms with van der Waals surface area (Å²) < 4.78 is 5.67. The second-order valence-corrected chi connectivity index (χ2v) is 6.78. The van der Waals surface area contributed by atoms with Crippen LogP contribution in [0.3, 0.4) is 0 Å². The summed E-state index contributed by atoms with van der Waals surface area (Å²) in [6, 6.07) is 10.3. The first kappa shape index (κ1) is 18.6. The zero-order valence-electron chi connectivity index (χ0n) is 13.4. The molecule has 0 atom stereocenters. The number of carbonyl (C=O) groups excluding carboxylic acids is 1. The van der Waals surface area contributed by atoms with Crippen molar-refractivity contribution < 1.29 is 9.21 Å². The van der Waals surface area contributed by atoms with E-state index >= 15 is 0 Å². The minimum absolute atomic E-state index is 0.195. The van der Waals surface area contributed by atoms with Gasteiger partial charge in [-0.05, 0) is 36.4 Å². The van der Waals surface area contributed by atoms with Crippen molar-refractivity contribution in [1.29, 1.82) is 0 Å². The normalized spacial score (nSPS) is 10.7. The van der Waals surface area contributed by atoms with Crippen molar-refractivity contribution in [2.75, 3.05) is 11.1 Å². The Morgan fingerprint density at radius 1 is 1.12 bits per heavy atom. The zero-order chi connectivity index (χ0) is 18.7. The molecule has 0 fully saturated rings. The molecule has 8 heteroatoms. The number of oxazole rings is 1. The molecule has 0 aliphatic heterocycles. The summed E-state index contributed by atoms with van der Waals surface area (Å²) in [5.41, 5.74) is 7.29. The minimum atomic E-state index is -0.215. The van der Waals surface area contributed by atoms with Gasteiger partial charge in [-0.25, -0.2) is 4.98 Å². The highest BCUT2D eigenvalue weighted by molar-refractivity contribution is 6.39. The van der Waals surface area contributed by atoms with E-state index in [0.717, 1.165) is 5.56 Å². The van der Waals surface area contributed by atoms with Gasteiger partial charge in [-0.15, -0.1) is 0 Å². The molecule has 3 N–H and O–H groups in total. The fourth-order valence-electron chi connectivity index (χ4n) is 2.27. The summed E-state index contributed by atoms with van der Waals surface area (Å²) in [5.74, 6) is 0.876. The van der Waals surface area contributed by atoms with Crippen LogP contribution in [0.15, 0.2) is 47.0 Å². The van der Waals surface area contributed by atoms with Gasteiger partial charge >= 0.3 is 0 Å². The molecule has 26 heavy (non-hydrogen) atoms. The van der Waals surface area contributed by atoms with Gasteiger partial charge in [-0.3, -0.25) is 4.79 Å². The zero-order valence-corrected chi connectivity index (χ0v) is 15.7. The molecule has 134 valence electrons. The lowest BCUT2D eigenvalue weighted by atomic mass is 10.2. The van der Waals surface area contributed by atoms with Gasteiger partial charge in [0.1, 0.15) is 0 Å². The molecule has 1 heterocycles. The maximum Gasteiger partial charge on any atom is 0.224 e. The molecule has 0 radical (unpaired) electrons. The van der Waals surface area contributed by atoms with Crippen molar-refractivity contribution >= 4 is 52.1 Å². The fourth-order valence-corrected chi connectivity index (χ4v) is 2.89. The third-order valence-corrected chi connectivity index (χ3v) is 4.49. The molecule has 1 aromatic heterocycles. The lowest BCUT2D eigenvalue weighted by Crippen LogP contribution is -2.12. The topological polar surface area (TPSA) is 81.1 Å². The Bertz CT molecular complexity index is 916. The third kappa shape index (κ3) is 4.49. The van der Waals surface area contributed by atoms with E-state index in [9.17, 15) is 4.79 Å². The van der Waals surface area contributed by atoms with E-state index in [0.29, 0.717) is 28.8 Å². The number of nitrogens with two attached hydrogens (primary N) is 1. The summed E-state index contributed by atoms with van der Waals surface area (Å²) in [7, 11) is 0. The maximum atomic E-state index is 12.1. The summed E-state index contributed by atoms with van der Waals surface area (Å²) in [5, 5.41) is 3.94. The molecule has 0 spiro atoms. The van der Waals surface area contributed by atoms with Crippen LogP contribution in [0.2, 0.25) is 15.1 Å². The predicted molar refractivity (Wildman–Crippen MR) is 105 cm³/mol. The number of nitrogens with zero attached hydrogens (tertiary/aromatic N) is 1. The smallest absolute Gasteiger partial charge is 0.224 e. The molecule has 0 saturated carbocycles. The van der Waals surface area contributed by atoms with Gasteiger partial charge in [-0.2, -0.15) is 0 Å². The van der Waals surface area contributed by atoms with E-state index in [-0.39, 0.29) is 28.1 Å².